The van der Waals surface area contributed by atoms with Crippen molar-refractivity contribution >= 4 is 39.7 Å². The number of hydrogen-bond acceptors (Lipinski definition) is 7. The van der Waals surface area contributed by atoms with Crippen molar-refractivity contribution in [3.8, 4) is 0 Å². The molecule has 13 nitrogen and oxygen atoms in total. The van der Waals surface area contributed by atoms with Crippen molar-refractivity contribution in [1.29, 1.82) is 0 Å². The number of rotatable bonds is 15. The van der Waals surface area contributed by atoms with Crippen molar-refractivity contribution in [2.24, 2.45) is 16.6 Å². The molecule has 3 rings (SSSR count). The van der Waals surface area contributed by atoms with E-state index in [2.05, 4.69) is 22.0 Å². The number of benzene rings is 1. The predicted molar refractivity (Wildman–Crippen MR) is 175 cm³/mol. The number of unbranched alkanes of at least 4 members (excludes halogenated alkanes) is 1. The van der Waals surface area contributed by atoms with Gasteiger partial charge in [-0.2, -0.15) is 4.99 Å². The molecule has 1 aromatic rings. The second kappa shape index (κ2) is 18.0. The average molecular weight is 663 g/mol. The number of nitrogens with two attached hydrogens (primary N) is 1. The number of nitrogens with one attached hydrogen (secondary N) is 2. The molecule has 0 bridgehead atoms. The molecule has 1 aromatic carbocycles. The Morgan fingerprint density at radius 2 is 1.76 bits per heavy atom. The molecular formula is C32H50N6O7S. The summed E-state index contributed by atoms with van der Waals surface area (Å²) < 4.78 is 31.9. The third-order valence-electron chi connectivity index (χ3n) is 8.41. The maximum Gasteiger partial charge on any atom is 0.302 e. The molecule has 256 valence electrons. The lowest BCUT2D eigenvalue weighted by Gasteiger charge is -2.33. The maximum atomic E-state index is 13.5. The number of amides is 3. The SMILES string of the molecule is CCCCC(CCC(=O)/N=C(\N)N1CCC(CNC(=O)[C@@H]2CCCN2C(=O)[C@@H](Cc2ccccc2)NS(C)(=O)=O)CC1)OC(C)=O. The van der Waals surface area contributed by atoms with E-state index in [0.717, 1.165) is 37.5 Å². The summed E-state index contributed by atoms with van der Waals surface area (Å²) in [5.41, 5.74) is 6.96. The highest BCUT2D eigenvalue weighted by atomic mass is 32.2. The minimum atomic E-state index is -3.67. The molecule has 0 saturated carbocycles. The maximum absolute atomic E-state index is 13.5. The van der Waals surface area contributed by atoms with Crippen molar-refractivity contribution in [3.63, 3.8) is 0 Å². The minimum absolute atomic E-state index is 0.142. The zero-order valence-electron chi connectivity index (χ0n) is 27.3. The molecule has 2 fully saturated rings. The largest absolute Gasteiger partial charge is 0.463 e. The first-order chi connectivity index (χ1) is 21.9. The molecule has 0 radical (unpaired) electrons. The van der Waals surface area contributed by atoms with Gasteiger partial charge >= 0.3 is 5.97 Å². The number of sulfonamides is 1. The number of carbonyl (C=O) groups excluding carboxylic acids is 4. The Labute approximate surface area is 272 Å². The fourth-order valence-electron chi connectivity index (χ4n) is 5.99. The van der Waals surface area contributed by atoms with Crippen molar-refractivity contribution in [1.82, 2.24) is 19.8 Å². The summed E-state index contributed by atoms with van der Waals surface area (Å²) in [7, 11) is -3.67. The van der Waals surface area contributed by atoms with Gasteiger partial charge in [0, 0.05) is 39.5 Å². The number of carbonyl (C=O) groups is 4. The fraction of sp³-hybridized carbons (Fsp3) is 0.656. The van der Waals surface area contributed by atoms with Gasteiger partial charge in [0.05, 0.1) is 6.26 Å². The number of piperidine rings is 1. The number of esters is 1. The van der Waals surface area contributed by atoms with E-state index in [9.17, 15) is 27.6 Å². The normalized spacial score (nSPS) is 19.0. The Kier molecular flexibility index (Phi) is 14.4. The molecule has 4 N–H and O–H groups in total. The molecule has 46 heavy (non-hydrogen) atoms. The molecule has 3 atom stereocenters. The number of guanidine groups is 1. The van der Waals surface area contributed by atoms with Crippen LogP contribution in [0.2, 0.25) is 0 Å². The second-order valence-electron chi connectivity index (χ2n) is 12.3. The third kappa shape index (κ3) is 12.3. The first-order valence-corrected chi connectivity index (χ1v) is 18.1. The summed E-state index contributed by atoms with van der Waals surface area (Å²) in [5, 5.41) is 3.01. The van der Waals surface area contributed by atoms with Crippen molar-refractivity contribution in [2.75, 3.05) is 32.4 Å². The molecule has 0 spiro atoms. The van der Waals surface area contributed by atoms with E-state index in [1.807, 2.05) is 35.2 Å². The quantitative estimate of drug-likeness (QED) is 0.143. The number of likely N-dealkylation sites (tertiary alicyclic amines) is 2. The fourth-order valence-corrected chi connectivity index (χ4v) is 6.69. The van der Waals surface area contributed by atoms with E-state index in [1.165, 1.54) is 11.8 Å². The van der Waals surface area contributed by atoms with E-state index >= 15 is 0 Å². The zero-order valence-corrected chi connectivity index (χ0v) is 28.1. The van der Waals surface area contributed by atoms with E-state index in [0.29, 0.717) is 51.9 Å². The number of ether oxygens (including phenoxy) is 1. The average Bonchev–Trinajstić information content (AvgIpc) is 3.50. The summed E-state index contributed by atoms with van der Waals surface area (Å²) in [6.45, 7) is 5.40. The second-order valence-corrected chi connectivity index (χ2v) is 14.1. The summed E-state index contributed by atoms with van der Waals surface area (Å²) in [6, 6.07) is 7.49. The highest BCUT2D eigenvalue weighted by Gasteiger charge is 2.38. The van der Waals surface area contributed by atoms with Crippen LogP contribution < -0.4 is 15.8 Å². The topological polar surface area (TPSA) is 181 Å². The molecule has 3 amide bonds. The molecule has 2 aliphatic heterocycles. The zero-order chi connectivity index (χ0) is 33.7. The van der Waals surface area contributed by atoms with Crippen LogP contribution >= 0.6 is 0 Å². The third-order valence-corrected chi connectivity index (χ3v) is 9.12. The van der Waals surface area contributed by atoms with Gasteiger partial charge < -0.3 is 25.6 Å². The van der Waals surface area contributed by atoms with E-state index in [-0.39, 0.29) is 48.6 Å². The Hall–Kier alpha value is -3.52. The first kappa shape index (κ1) is 36.9. The van der Waals surface area contributed by atoms with Crippen LogP contribution in [0, 0.1) is 5.92 Å². The molecule has 2 aliphatic rings. The van der Waals surface area contributed by atoms with Gasteiger partial charge in [0.25, 0.3) is 0 Å². The van der Waals surface area contributed by atoms with Gasteiger partial charge in [0.15, 0.2) is 5.96 Å². The number of nitrogens with zero attached hydrogens (tertiary/aromatic N) is 3. The Bertz CT molecular complexity index is 1320. The van der Waals surface area contributed by atoms with Crippen molar-refractivity contribution in [2.45, 2.75) is 96.2 Å². The van der Waals surface area contributed by atoms with Gasteiger partial charge in [-0.15, -0.1) is 0 Å². The van der Waals surface area contributed by atoms with Crippen LogP contribution in [0.25, 0.3) is 0 Å². The van der Waals surface area contributed by atoms with Gasteiger partial charge in [-0.1, -0.05) is 50.1 Å². The Balaban J connectivity index is 1.47. The molecular weight excluding hydrogens is 612 g/mol. The number of aliphatic imine (C=N–C) groups is 1. The summed E-state index contributed by atoms with van der Waals surface area (Å²) in [4.78, 5) is 58.0. The van der Waals surface area contributed by atoms with Gasteiger partial charge in [-0.3, -0.25) is 19.2 Å². The van der Waals surface area contributed by atoms with Gasteiger partial charge in [-0.25, -0.2) is 13.1 Å². The van der Waals surface area contributed by atoms with Gasteiger partial charge in [-0.05, 0) is 56.4 Å². The van der Waals surface area contributed by atoms with Crippen LogP contribution in [0.15, 0.2) is 35.3 Å². The van der Waals surface area contributed by atoms with E-state index in [4.69, 9.17) is 10.5 Å². The summed E-state index contributed by atoms with van der Waals surface area (Å²) >= 11 is 0. The molecule has 1 unspecified atom stereocenters. The minimum Gasteiger partial charge on any atom is -0.463 e. The van der Waals surface area contributed by atoms with E-state index < -0.39 is 28.0 Å². The van der Waals surface area contributed by atoms with Crippen molar-refractivity contribution < 1.29 is 32.3 Å². The lowest BCUT2D eigenvalue weighted by Crippen LogP contribution is -2.54. The monoisotopic (exact) mass is 662 g/mol. The molecule has 0 aromatic heterocycles. The van der Waals surface area contributed by atoms with Crippen LogP contribution in [0.1, 0.15) is 77.2 Å². The standard InChI is InChI=1S/C32H50N6O7S/c1-4-5-12-26(45-23(2)39)14-15-29(40)35-32(33)37-19-16-25(17-20-37)22-34-30(41)28-13-9-18-38(28)31(42)27(36-46(3,43)44)21-24-10-7-6-8-11-24/h6-8,10-11,25-28,36H,4-5,9,12-22H2,1-3H3,(H,34,41)(H2,33,35,40)/t26?,27-,28+/m1/s1. The van der Waals surface area contributed by atoms with Crippen LogP contribution in [0.4, 0.5) is 0 Å². The highest BCUT2D eigenvalue weighted by Crippen LogP contribution is 2.21. The van der Waals surface area contributed by atoms with Gasteiger partial charge in [0.1, 0.15) is 18.2 Å². The predicted octanol–water partition coefficient (Wildman–Crippen LogP) is 1.71. The highest BCUT2D eigenvalue weighted by molar-refractivity contribution is 7.88. The summed E-state index contributed by atoms with van der Waals surface area (Å²) in [5.74, 6) is -1.02. The Morgan fingerprint density at radius 3 is 2.39 bits per heavy atom. The lowest BCUT2D eigenvalue weighted by atomic mass is 9.97. The van der Waals surface area contributed by atoms with Gasteiger partial charge in [0.2, 0.25) is 27.7 Å². The first-order valence-electron chi connectivity index (χ1n) is 16.2. The smallest absolute Gasteiger partial charge is 0.302 e. The molecule has 2 saturated heterocycles. The Morgan fingerprint density at radius 1 is 1.07 bits per heavy atom. The lowest BCUT2D eigenvalue weighted by molar-refractivity contribution is -0.147. The van der Waals surface area contributed by atoms with Crippen molar-refractivity contribution in [3.05, 3.63) is 35.9 Å². The van der Waals surface area contributed by atoms with Crippen LogP contribution in [0.5, 0.6) is 0 Å². The van der Waals surface area contributed by atoms with E-state index in [1.54, 1.807) is 0 Å². The van der Waals surface area contributed by atoms with Crippen LogP contribution in [0.3, 0.4) is 0 Å². The number of hydrogen-bond donors (Lipinski definition) is 3. The van der Waals surface area contributed by atoms with Crippen LogP contribution in [-0.2, 0) is 40.4 Å². The molecule has 2 heterocycles. The molecule has 0 aliphatic carbocycles. The van der Waals surface area contributed by atoms with Crippen LogP contribution in [-0.4, -0.2) is 98.5 Å². The molecule has 14 heteroatoms. The summed E-state index contributed by atoms with van der Waals surface area (Å²) in [6.07, 6.45) is 6.66.